The number of nitro benzene ring substituents is 1. The third-order valence-electron chi connectivity index (χ3n) is 3.40. The minimum absolute atomic E-state index is 0.152. The third-order valence-corrected chi connectivity index (χ3v) is 5.38. The Kier molecular flexibility index (Phi) is 5.10. The first-order valence-electron chi connectivity index (χ1n) is 6.75. The maximum Gasteiger partial charge on any atom is 0.416 e. The van der Waals surface area contributed by atoms with Crippen molar-refractivity contribution >= 4 is 27.1 Å². The molecule has 0 atom stereocenters. The molecule has 0 saturated heterocycles. The second-order valence-corrected chi connectivity index (χ2v) is 7.68. The van der Waals surface area contributed by atoms with Crippen LogP contribution in [0, 0.1) is 17.0 Å². The van der Waals surface area contributed by atoms with Crippen molar-refractivity contribution in [1.82, 2.24) is 0 Å². The lowest BCUT2D eigenvalue weighted by molar-refractivity contribution is -0.385. The smallest absolute Gasteiger partial charge is 0.258 e. The summed E-state index contributed by atoms with van der Waals surface area (Å²) in [7, 11) is -4.09. The normalized spacial score (nSPS) is 12.2. The van der Waals surface area contributed by atoms with Gasteiger partial charge in [0, 0.05) is 6.07 Å². The highest BCUT2D eigenvalue weighted by Gasteiger charge is 2.37. The van der Waals surface area contributed by atoms with Crippen LogP contribution >= 0.6 is 11.6 Å². The van der Waals surface area contributed by atoms with Gasteiger partial charge in [-0.2, -0.15) is 13.2 Å². The van der Waals surface area contributed by atoms with E-state index < -0.39 is 48.5 Å². The minimum Gasteiger partial charge on any atom is -0.258 e. The number of nitro groups is 1. The van der Waals surface area contributed by atoms with Crippen LogP contribution in [0.5, 0.6) is 0 Å². The first-order chi connectivity index (χ1) is 11.4. The van der Waals surface area contributed by atoms with Gasteiger partial charge in [-0.3, -0.25) is 10.1 Å². The molecule has 5 nitrogen and oxygen atoms in total. The van der Waals surface area contributed by atoms with Crippen LogP contribution in [0.25, 0.3) is 0 Å². The molecule has 0 saturated carbocycles. The molecule has 0 heterocycles. The number of benzene rings is 2. The second-order valence-electron chi connectivity index (χ2n) is 5.29. The largest absolute Gasteiger partial charge is 0.416 e. The number of aryl methyl sites for hydroxylation is 1. The SMILES string of the molecule is Cc1ccc(S(=O)(=O)Cc2cc(Cl)c([N+](=O)[O-])cc2C(F)(F)F)cc1. The van der Waals surface area contributed by atoms with Crippen LogP contribution in [-0.2, 0) is 21.8 Å². The van der Waals surface area contributed by atoms with Crippen molar-refractivity contribution in [2.24, 2.45) is 0 Å². The first-order valence-corrected chi connectivity index (χ1v) is 8.78. The van der Waals surface area contributed by atoms with E-state index in [-0.39, 0.29) is 11.0 Å². The number of nitrogens with zero attached hydrogens (tertiary/aromatic N) is 1. The molecule has 0 N–H and O–H groups in total. The van der Waals surface area contributed by atoms with E-state index in [1.807, 2.05) is 0 Å². The van der Waals surface area contributed by atoms with E-state index in [0.29, 0.717) is 6.07 Å². The highest BCUT2D eigenvalue weighted by molar-refractivity contribution is 7.90. The number of hydrogen-bond donors (Lipinski definition) is 0. The second kappa shape index (κ2) is 6.64. The van der Waals surface area contributed by atoms with Crippen LogP contribution in [0.1, 0.15) is 16.7 Å². The van der Waals surface area contributed by atoms with Crippen LogP contribution in [0.2, 0.25) is 5.02 Å². The average Bonchev–Trinajstić information content (AvgIpc) is 2.45. The van der Waals surface area contributed by atoms with Crippen LogP contribution < -0.4 is 0 Å². The summed E-state index contributed by atoms with van der Waals surface area (Å²) < 4.78 is 64.3. The van der Waals surface area contributed by atoms with E-state index >= 15 is 0 Å². The molecule has 0 unspecified atom stereocenters. The number of sulfone groups is 1. The molecule has 0 spiro atoms. The number of rotatable bonds is 4. The van der Waals surface area contributed by atoms with Gasteiger partial charge >= 0.3 is 6.18 Å². The fraction of sp³-hybridized carbons (Fsp3) is 0.200. The Morgan fingerprint density at radius 2 is 1.72 bits per heavy atom. The van der Waals surface area contributed by atoms with Gasteiger partial charge in [0.1, 0.15) is 5.02 Å². The Morgan fingerprint density at radius 1 is 1.16 bits per heavy atom. The van der Waals surface area contributed by atoms with Crippen LogP contribution in [-0.4, -0.2) is 13.3 Å². The molecule has 134 valence electrons. The molecule has 0 aliphatic heterocycles. The predicted octanol–water partition coefficient (Wildman–Crippen LogP) is 4.55. The summed E-state index contributed by atoms with van der Waals surface area (Å²) in [4.78, 5) is 9.57. The minimum atomic E-state index is -4.96. The van der Waals surface area contributed by atoms with Crippen LogP contribution in [0.3, 0.4) is 0 Å². The molecule has 25 heavy (non-hydrogen) atoms. The van der Waals surface area contributed by atoms with E-state index in [1.165, 1.54) is 24.3 Å². The zero-order valence-corrected chi connectivity index (χ0v) is 14.2. The van der Waals surface area contributed by atoms with Gasteiger partial charge in [-0.25, -0.2) is 8.42 Å². The molecule has 2 aromatic rings. The Hall–Kier alpha value is -2.13. The lowest BCUT2D eigenvalue weighted by Gasteiger charge is -2.14. The summed E-state index contributed by atoms with van der Waals surface area (Å²) in [6, 6.07) is 6.52. The molecule has 2 aromatic carbocycles. The van der Waals surface area contributed by atoms with E-state index in [4.69, 9.17) is 11.6 Å². The maximum atomic E-state index is 13.2. The molecule has 10 heteroatoms. The standard InChI is InChI=1S/C15H11ClF3NO4S/c1-9-2-4-11(5-3-9)25(23,24)8-10-6-13(16)14(20(21)22)7-12(10)15(17,18)19/h2-7H,8H2,1H3. The van der Waals surface area contributed by atoms with Crippen molar-refractivity contribution in [3.63, 3.8) is 0 Å². The highest BCUT2D eigenvalue weighted by atomic mass is 35.5. The van der Waals surface area contributed by atoms with E-state index in [0.717, 1.165) is 5.56 Å². The molecule has 0 amide bonds. The van der Waals surface area contributed by atoms with E-state index in [1.54, 1.807) is 6.92 Å². The molecule has 2 rings (SSSR count). The van der Waals surface area contributed by atoms with Gasteiger partial charge in [-0.05, 0) is 30.7 Å². The quantitative estimate of drug-likeness (QED) is 0.564. The summed E-state index contributed by atoms with van der Waals surface area (Å²) in [5, 5.41) is 10.2. The molecular weight excluding hydrogens is 383 g/mol. The average molecular weight is 394 g/mol. The van der Waals surface area contributed by atoms with Gasteiger partial charge < -0.3 is 0 Å². The molecule has 0 aliphatic carbocycles. The third kappa shape index (κ3) is 4.29. The summed E-state index contributed by atoms with van der Waals surface area (Å²) >= 11 is 5.64. The fourth-order valence-electron chi connectivity index (χ4n) is 2.16. The number of halogens is 4. The number of hydrogen-bond acceptors (Lipinski definition) is 4. The fourth-order valence-corrected chi connectivity index (χ4v) is 3.78. The molecule has 0 fully saturated rings. The topological polar surface area (TPSA) is 77.3 Å². The van der Waals surface area contributed by atoms with Gasteiger partial charge in [-0.1, -0.05) is 29.3 Å². The van der Waals surface area contributed by atoms with Crippen LogP contribution in [0.15, 0.2) is 41.3 Å². The zero-order chi connectivity index (χ0) is 19.0. The Morgan fingerprint density at radius 3 is 2.20 bits per heavy atom. The van der Waals surface area contributed by atoms with Gasteiger partial charge in [0.2, 0.25) is 0 Å². The molecule has 0 aliphatic rings. The zero-order valence-electron chi connectivity index (χ0n) is 12.7. The Bertz CT molecular complexity index is 925. The lowest BCUT2D eigenvalue weighted by Crippen LogP contribution is -2.14. The van der Waals surface area contributed by atoms with E-state index in [2.05, 4.69) is 0 Å². The van der Waals surface area contributed by atoms with Gasteiger partial charge in [0.25, 0.3) is 5.69 Å². The van der Waals surface area contributed by atoms with Crippen molar-refractivity contribution in [2.45, 2.75) is 23.7 Å². The molecular formula is C15H11ClF3NO4S. The van der Waals surface area contributed by atoms with Crippen molar-refractivity contribution in [3.05, 3.63) is 68.2 Å². The summed E-state index contributed by atoms with van der Waals surface area (Å²) in [6.45, 7) is 1.73. The molecule has 0 aromatic heterocycles. The highest BCUT2D eigenvalue weighted by Crippen LogP contribution is 2.39. The van der Waals surface area contributed by atoms with Gasteiger partial charge in [-0.15, -0.1) is 0 Å². The van der Waals surface area contributed by atoms with E-state index in [9.17, 15) is 31.7 Å². The Labute approximate surface area is 146 Å². The summed E-state index contributed by atoms with van der Waals surface area (Å²) in [5.41, 5.74) is -2.21. The monoisotopic (exact) mass is 393 g/mol. The van der Waals surface area contributed by atoms with Crippen molar-refractivity contribution in [3.8, 4) is 0 Å². The van der Waals surface area contributed by atoms with Crippen molar-refractivity contribution < 1.29 is 26.5 Å². The van der Waals surface area contributed by atoms with Crippen molar-refractivity contribution in [2.75, 3.05) is 0 Å². The van der Waals surface area contributed by atoms with Gasteiger partial charge in [0.05, 0.1) is 21.1 Å². The van der Waals surface area contributed by atoms with Gasteiger partial charge in [0.15, 0.2) is 9.84 Å². The summed E-state index contributed by atoms with van der Waals surface area (Å²) in [6.07, 6.45) is -4.96. The number of alkyl halides is 3. The van der Waals surface area contributed by atoms with Crippen LogP contribution in [0.4, 0.5) is 18.9 Å². The first kappa shape index (κ1) is 19.2. The predicted molar refractivity (Wildman–Crippen MR) is 85.2 cm³/mol. The van der Waals surface area contributed by atoms with Crippen molar-refractivity contribution in [1.29, 1.82) is 0 Å². The Balaban J connectivity index is 2.56. The lowest BCUT2D eigenvalue weighted by atomic mass is 10.1. The summed E-state index contributed by atoms with van der Waals surface area (Å²) in [5.74, 6) is -0.984. The molecule has 0 radical (unpaired) electrons. The maximum absolute atomic E-state index is 13.2. The molecule has 0 bridgehead atoms.